The van der Waals surface area contributed by atoms with Gasteiger partial charge in [0.25, 0.3) is 5.91 Å². The van der Waals surface area contributed by atoms with Crippen molar-refractivity contribution in [2.24, 2.45) is 0 Å². The maximum Gasteiger partial charge on any atom is 0.276 e. The minimum Gasteiger partial charge on any atom is -0.497 e. The Morgan fingerprint density at radius 1 is 1.26 bits per heavy atom. The lowest BCUT2D eigenvalue weighted by atomic mass is 10.2. The van der Waals surface area contributed by atoms with Gasteiger partial charge in [0, 0.05) is 11.8 Å². The fourth-order valence-corrected chi connectivity index (χ4v) is 1.59. The fraction of sp³-hybridized carbons (Fsp3) is 0.154. The molecule has 0 fully saturated rings. The second-order valence-corrected chi connectivity index (χ2v) is 4.26. The molecule has 0 atom stereocenters. The molecule has 2 aromatic rings. The number of ether oxygens (including phenoxy) is 1. The van der Waals surface area contributed by atoms with E-state index in [1.807, 2.05) is 19.1 Å². The number of amides is 1. The Morgan fingerprint density at radius 2 is 2.05 bits per heavy atom. The molecule has 0 aliphatic rings. The third-order valence-electron chi connectivity index (χ3n) is 2.56. The second kappa shape index (κ2) is 5.67. The highest BCUT2D eigenvalue weighted by Crippen LogP contribution is 2.22. The van der Waals surface area contributed by atoms with Gasteiger partial charge in [-0.2, -0.15) is 0 Å². The summed E-state index contributed by atoms with van der Waals surface area (Å²) in [5, 5.41) is 10.3. The molecule has 98 valence electrons. The van der Waals surface area contributed by atoms with Crippen molar-refractivity contribution in [2.75, 3.05) is 12.4 Å². The van der Waals surface area contributed by atoms with E-state index >= 15 is 0 Å². The number of aromatic nitrogens is 2. The van der Waals surface area contributed by atoms with Crippen molar-refractivity contribution in [3.05, 3.63) is 46.7 Å². The van der Waals surface area contributed by atoms with Gasteiger partial charge in [-0.3, -0.25) is 4.79 Å². The Labute approximate surface area is 115 Å². The summed E-state index contributed by atoms with van der Waals surface area (Å²) >= 11 is 5.62. The van der Waals surface area contributed by atoms with Crippen LogP contribution in [0.1, 0.15) is 16.1 Å². The maximum absolute atomic E-state index is 12.0. The summed E-state index contributed by atoms with van der Waals surface area (Å²) < 4.78 is 5.12. The van der Waals surface area contributed by atoms with E-state index in [-0.39, 0.29) is 16.8 Å². The fourth-order valence-electron chi connectivity index (χ4n) is 1.49. The van der Waals surface area contributed by atoms with Gasteiger partial charge in [0.2, 0.25) is 0 Å². The van der Waals surface area contributed by atoms with E-state index in [9.17, 15) is 4.79 Å². The molecule has 1 aromatic heterocycles. The van der Waals surface area contributed by atoms with E-state index < -0.39 is 0 Å². The number of halogens is 1. The number of carbonyl (C=O) groups excluding carboxylic acids is 1. The summed E-state index contributed by atoms with van der Waals surface area (Å²) in [4.78, 5) is 12.0. The van der Waals surface area contributed by atoms with Crippen molar-refractivity contribution >= 4 is 23.2 Å². The topological polar surface area (TPSA) is 64.1 Å². The van der Waals surface area contributed by atoms with Crippen molar-refractivity contribution in [1.29, 1.82) is 0 Å². The number of anilines is 1. The van der Waals surface area contributed by atoms with E-state index in [0.29, 0.717) is 11.4 Å². The standard InChI is InChI=1S/C13H12ClN3O2/c1-8-3-4-9(19-2)7-11(8)15-13(18)10-5-6-12(14)17-16-10/h3-7H,1-2H3,(H,15,18). The normalized spacial score (nSPS) is 10.1. The quantitative estimate of drug-likeness (QED) is 0.937. The smallest absolute Gasteiger partial charge is 0.276 e. The first-order chi connectivity index (χ1) is 9.10. The molecule has 1 N–H and O–H groups in total. The first kappa shape index (κ1) is 13.3. The summed E-state index contributed by atoms with van der Waals surface area (Å²) in [5.41, 5.74) is 1.80. The number of hydrogen-bond donors (Lipinski definition) is 1. The minimum atomic E-state index is -0.347. The van der Waals surface area contributed by atoms with Gasteiger partial charge in [-0.25, -0.2) is 0 Å². The zero-order valence-corrected chi connectivity index (χ0v) is 11.2. The molecule has 0 aliphatic carbocycles. The number of rotatable bonds is 3. The maximum atomic E-state index is 12.0. The molecule has 2 rings (SSSR count). The zero-order valence-electron chi connectivity index (χ0n) is 10.5. The molecule has 0 saturated carbocycles. The molecule has 0 radical (unpaired) electrons. The lowest BCUT2D eigenvalue weighted by Gasteiger charge is -2.09. The van der Waals surface area contributed by atoms with Crippen LogP contribution in [0.25, 0.3) is 0 Å². The van der Waals surface area contributed by atoms with Gasteiger partial charge in [-0.15, -0.1) is 10.2 Å². The molecule has 6 heteroatoms. The van der Waals surface area contributed by atoms with Gasteiger partial charge in [-0.1, -0.05) is 17.7 Å². The molecule has 0 bridgehead atoms. The summed E-state index contributed by atoms with van der Waals surface area (Å²) in [5.74, 6) is 0.323. The third-order valence-corrected chi connectivity index (χ3v) is 2.76. The van der Waals surface area contributed by atoms with E-state index in [4.69, 9.17) is 16.3 Å². The summed E-state index contributed by atoms with van der Waals surface area (Å²) in [7, 11) is 1.57. The van der Waals surface area contributed by atoms with Crippen molar-refractivity contribution in [3.8, 4) is 5.75 Å². The van der Waals surface area contributed by atoms with Crippen molar-refractivity contribution < 1.29 is 9.53 Å². The number of nitrogens with zero attached hydrogens (tertiary/aromatic N) is 2. The van der Waals surface area contributed by atoms with Gasteiger partial charge >= 0.3 is 0 Å². The van der Waals surface area contributed by atoms with Crippen molar-refractivity contribution in [1.82, 2.24) is 10.2 Å². The average Bonchev–Trinajstić information content (AvgIpc) is 2.42. The lowest BCUT2D eigenvalue weighted by molar-refractivity contribution is 0.102. The van der Waals surface area contributed by atoms with Crippen molar-refractivity contribution in [2.45, 2.75) is 6.92 Å². The summed E-state index contributed by atoms with van der Waals surface area (Å²) in [6.45, 7) is 1.89. The first-order valence-electron chi connectivity index (χ1n) is 5.55. The number of aryl methyl sites for hydroxylation is 1. The first-order valence-corrected chi connectivity index (χ1v) is 5.93. The van der Waals surface area contributed by atoms with Gasteiger partial charge in [0.15, 0.2) is 10.8 Å². The molecule has 1 amide bonds. The van der Waals surface area contributed by atoms with Crippen LogP contribution in [0.5, 0.6) is 5.75 Å². The van der Waals surface area contributed by atoms with Crippen LogP contribution in [0.4, 0.5) is 5.69 Å². The third kappa shape index (κ3) is 3.20. The molecule has 19 heavy (non-hydrogen) atoms. The van der Waals surface area contributed by atoms with Crippen LogP contribution in [-0.2, 0) is 0 Å². The number of benzene rings is 1. The Morgan fingerprint density at radius 3 is 2.68 bits per heavy atom. The molecule has 5 nitrogen and oxygen atoms in total. The number of nitrogens with one attached hydrogen (secondary N) is 1. The zero-order chi connectivity index (χ0) is 13.8. The molecule has 1 aromatic carbocycles. The molecule has 0 aliphatic heterocycles. The molecular formula is C13H12ClN3O2. The highest BCUT2D eigenvalue weighted by molar-refractivity contribution is 6.29. The summed E-state index contributed by atoms with van der Waals surface area (Å²) in [6.07, 6.45) is 0. The van der Waals surface area contributed by atoms with E-state index in [2.05, 4.69) is 15.5 Å². The van der Waals surface area contributed by atoms with E-state index in [1.165, 1.54) is 12.1 Å². The second-order valence-electron chi connectivity index (χ2n) is 3.88. The Kier molecular flexibility index (Phi) is 3.97. The Hall–Kier alpha value is -2.14. The predicted octanol–water partition coefficient (Wildman–Crippen LogP) is 2.70. The van der Waals surface area contributed by atoms with Gasteiger partial charge in [0.05, 0.1) is 7.11 Å². The largest absolute Gasteiger partial charge is 0.497 e. The highest BCUT2D eigenvalue weighted by atomic mass is 35.5. The summed E-state index contributed by atoms with van der Waals surface area (Å²) in [6, 6.07) is 8.47. The van der Waals surface area contributed by atoms with Crippen LogP contribution < -0.4 is 10.1 Å². The lowest BCUT2D eigenvalue weighted by Crippen LogP contribution is -2.15. The number of methoxy groups -OCH3 is 1. The molecule has 0 spiro atoms. The van der Waals surface area contributed by atoms with E-state index in [1.54, 1.807) is 13.2 Å². The Bertz CT molecular complexity index is 599. The SMILES string of the molecule is COc1ccc(C)c(NC(=O)c2ccc(Cl)nn2)c1. The van der Waals surface area contributed by atoms with Crippen LogP contribution in [-0.4, -0.2) is 23.2 Å². The minimum absolute atomic E-state index is 0.201. The highest BCUT2D eigenvalue weighted by Gasteiger charge is 2.10. The van der Waals surface area contributed by atoms with Crippen LogP contribution in [0.15, 0.2) is 30.3 Å². The van der Waals surface area contributed by atoms with Crippen molar-refractivity contribution in [3.63, 3.8) is 0 Å². The van der Waals surface area contributed by atoms with Crippen LogP contribution >= 0.6 is 11.6 Å². The van der Waals surface area contributed by atoms with Gasteiger partial charge in [0.1, 0.15) is 5.75 Å². The predicted molar refractivity (Wildman–Crippen MR) is 72.7 cm³/mol. The molecule has 1 heterocycles. The molecule has 0 unspecified atom stereocenters. The van der Waals surface area contributed by atoms with Crippen LogP contribution in [0.3, 0.4) is 0 Å². The number of carbonyl (C=O) groups is 1. The average molecular weight is 278 g/mol. The monoisotopic (exact) mass is 277 g/mol. The van der Waals surface area contributed by atoms with Crippen LogP contribution in [0, 0.1) is 6.92 Å². The number of hydrogen-bond acceptors (Lipinski definition) is 4. The Balaban J connectivity index is 2.21. The van der Waals surface area contributed by atoms with Gasteiger partial charge in [-0.05, 0) is 30.7 Å². The van der Waals surface area contributed by atoms with Gasteiger partial charge < -0.3 is 10.1 Å². The van der Waals surface area contributed by atoms with E-state index in [0.717, 1.165) is 5.56 Å². The molecule has 0 saturated heterocycles. The van der Waals surface area contributed by atoms with Crippen LogP contribution in [0.2, 0.25) is 5.15 Å². The molecular weight excluding hydrogens is 266 g/mol.